The first-order chi connectivity index (χ1) is 19.1. The van der Waals surface area contributed by atoms with Crippen LogP contribution in [0.3, 0.4) is 0 Å². The van der Waals surface area contributed by atoms with E-state index in [0.29, 0.717) is 35.9 Å². The van der Waals surface area contributed by atoms with Crippen molar-refractivity contribution >= 4 is 52.5 Å². The Kier molecular flexibility index (Phi) is 9.10. The van der Waals surface area contributed by atoms with Crippen LogP contribution < -0.4 is 20.7 Å². The highest BCUT2D eigenvalue weighted by Gasteiger charge is 2.30. The van der Waals surface area contributed by atoms with E-state index in [1.54, 1.807) is 24.3 Å². The van der Waals surface area contributed by atoms with Crippen molar-refractivity contribution in [3.8, 4) is 17.2 Å². The summed E-state index contributed by atoms with van der Waals surface area (Å²) in [5.41, 5.74) is 1.35. The number of para-hydroxylation sites is 1. The Morgan fingerprint density at radius 3 is 2.48 bits per heavy atom. The smallest absolute Gasteiger partial charge is 0.272 e. The number of hydrogen-bond acceptors (Lipinski definition) is 11. The van der Waals surface area contributed by atoms with Gasteiger partial charge in [-0.3, -0.25) is 9.59 Å². The number of carbonyl (C=O) groups is 2. The van der Waals surface area contributed by atoms with Crippen molar-refractivity contribution < 1.29 is 28.3 Å². The Balaban J connectivity index is 1.69. The molecular formula is C24H32B3N7O6. The lowest BCUT2D eigenvalue weighted by atomic mass is 9.49. The fraction of sp³-hybridized carbons (Fsp3) is 0.417. The second kappa shape index (κ2) is 12.5. The zero-order chi connectivity index (χ0) is 28.9. The summed E-state index contributed by atoms with van der Waals surface area (Å²) in [4.78, 5) is 29.9. The maximum Gasteiger partial charge on any atom is 0.272 e. The third-order valence-corrected chi connectivity index (χ3v) is 5.70. The number of amides is 2. The minimum Gasteiger partial charge on any atom is -0.494 e. The molecule has 1 aliphatic rings. The van der Waals surface area contributed by atoms with Gasteiger partial charge in [-0.1, -0.05) is 11.2 Å². The summed E-state index contributed by atoms with van der Waals surface area (Å²) < 4.78 is 22.4. The quantitative estimate of drug-likeness (QED) is 0.194. The van der Waals surface area contributed by atoms with E-state index in [1.807, 2.05) is 37.4 Å². The molecule has 1 aromatic carbocycles. The molecule has 0 aliphatic heterocycles. The van der Waals surface area contributed by atoms with Gasteiger partial charge in [0.1, 0.15) is 23.5 Å². The van der Waals surface area contributed by atoms with Crippen molar-refractivity contribution in [2.24, 2.45) is 5.92 Å². The molecule has 0 atom stereocenters. The lowest BCUT2D eigenvalue weighted by Gasteiger charge is -2.21. The van der Waals surface area contributed by atoms with E-state index in [4.69, 9.17) is 18.7 Å². The summed E-state index contributed by atoms with van der Waals surface area (Å²) in [6.07, 6.45) is 0.914. The van der Waals surface area contributed by atoms with Crippen LogP contribution in [0.25, 0.3) is 11.5 Å². The molecule has 208 valence electrons. The van der Waals surface area contributed by atoms with Gasteiger partial charge in [0.2, 0.25) is 18.0 Å². The second-order valence-corrected chi connectivity index (χ2v) is 10.2. The molecule has 2 heterocycles. The van der Waals surface area contributed by atoms with Crippen molar-refractivity contribution in [2.75, 3.05) is 31.0 Å². The van der Waals surface area contributed by atoms with Crippen LogP contribution in [-0.4, -0.2) is 81.3 Å². The van der Waals surface area contributed by atoms with Crippen LogP contribution in [-0.2, 0) is 14.3 Å². The van der Waals surface area contributed by atoms with Gasteiger partial charge in [-0.05, 0) is 44.1 Å². The molecule has 2 aromatic heterocycles. The largest absolute Gasteiger partial charge is 0.494 e. The Morgan fingerprint density at radius 2 is 1.85 bits per heavy atom. The first-order valence-corrected chi connectivity index (χ1v) is 13.2. The number of carbonyl (C=O) groups excluding carboxylic acids is 2. The predicted molar refractivity (Wildman–Crippen MR) is 155 cm³/mol. The summed E-state index contributed by atoms with van der Waals surface area (Å²) in [7, 11) is 7.09. The van der Waals surface area contributed by atoms with Crippen molar-refractivity contribution in [1.29, 1.82) is 0 Å². The van der Waals surface area contributed by atoms with Crippen molar-refractivity contribution in [1.82, 2.24) is 25.7 Å². The van der Waals surface area contributed by atoms with Gasteiger partial charge < -0.3 is 34.7 Å². The molecule has 1 fully saturated rings. The van der Waals surface area contributed by atoms with Gasteiger partial charge >= 0.3 is 0 Å². The van der Waals surface area contributed by atoms with Crippen LogP contribution >= 0.6 is 0 Å². The SMILES string of the molecule is BC(B)(B)NC(=O)c1nnc(NC(=O)C2CC2)cc1Nc1cccc(-c2nc(C(OCC)OCC)no2)c1OC. The molecule has 0 spiro atoms. The molecule has 0 bridgehead atoms. The lowest BCUT2D eigenvalue weighted by molar-refractivity contribution is -0.145. The van der Waals surface area contributed by atoms with E-state index in [2.05, 4.69) is 36.3 Å². The van der Waals surface area contributed by atoms with Gasteiger partial charge in [-0.2, -0.15) is 4.98 Å². The van der Waals surface area contributed by atoms with Gasteiger partial charge in [0.05, 0.1) is 24.0 Å². The summed E-state index contributed by atoms with van der Waals surface area (Å²) in [5, 5.41) is 20.6. The summed E-state index contributed by atoms with van der Waals surface area (Å²) >= 11 is 0. The number of hydrogen-bond donors (Lipinski definition) is 3. The standard InChI is InChI=1S/C24H32B3N7O6/c1-4-38-23(39-5-2)19-30-22(40-34-19)13-7-6-8-14(18(13)37-3)28-15-11-16(29-20(35)12-9-10-12)32-33-17(15)21(36)31-24(25,26)27/h6-8,11-12,23H,4-5,9-10,25-27H2,1-3H3,(H,31,36)(H2,28,29,32,35). The van der Waals surface area contributed by atoms with E-state index in [9.17, 15) is 9.59 Å². The van der Waals surface area contributed by atoms with E-state index in [1.165, 1.54) is 7.11 Å². The van der Waals surface area contributed by atoms with Gasteiger partial charge in [-0.15, -0.1) is 10.2 Å². The predicted octanol–water partition coefficient (Wildman–Crippen LogP) is -0.0607. The molecule has 13 nitrogen and oxygen atoms in total. The van der Waals surface area contributed by atoms with Gasteiger partial charge in [-0.25, -0.2) is 0 Å². The van der Waals surface area contributed by atoms with E-state index >= 15 is 0 Å². The normalized spacial score (nSPS) is 13.2. The van der Waals surface area contributed by atoms with Crippen LogP contribution in [0.5, 0.6) is 5.75 Å². The van der Waals surface area contributed by atoms with E-state index in [0.717, 1.165) is 12.8 Å². The number of rotatable bonds is 13. The molecule has 3 aromatic rings. The van der Waals surface area contributed by atoms with Crippen LogP contribution in [0.2, 0.25) is 0 Å². The number of nitrogens with one attached hydrogen (secondary N) is 3. The molecule has 0 radical (unpaired) electrons. The maximum absolute atomic E-state index is 13.1. The third kappa shape index (κ3) is 7.18. The topological polar surface area (TPSA) is 163 Å². The number of methoxy groups -OCH3 is 1. The van der Waals surface area contributed by atoms with Gasteiger partial charge in [0, 0.05) is 25.2 Å². The van der Waals surface area contributed by atoms with Crippen LogP contribution in [0, 0.1) is 5.92 Å². The zero-order valence-corrected chi connectivity index (χ0v) is 23.5. The first-order valence-electron chi connectivity index (χ1n) is 13.2. The number of ether oxygens (including phenoxy) is 3. The highest BCUT2D eigenvalue weighted by Crippen LogP contribution is 2.38. The molecule has 4 rings (SSSR count). The summed E-state index contributed by atoms with van der Waals surface area (Å²) in [5.74, 6) is 0.452. The third-order valence-electron chi connectivity index (χ3n) is 5.70. The maximum atomic E-state index is 13.1. The fourth-order valence-electron chi connectivity index (χ4n) is 3.80. The number of aromatic nitrogens is 4. The average molecular weight is 547 g/mol. The van der Waals surface area contributed by atoms with Crippen molar-refractivity contribution in [3.63, 3.8) is 0 Å². The molecule has 3 N–H and O–H groups in total. The van der Waals surface area contributed by atoms with Crippen LogP contribution in [0.4, 0.5) is 17.2 Å². The Morgan fingerprint density at radius 1 is 1.12 bits per heavy atom. The monoisotopic (exact) mass is 547 g/mol. The molecule has 1 aliphatic carbocycles. The Hall–Kier alpha value is -3.91. The van der Waals surface area contributed by atoms with Crippen molar-refractivity contribution in [3.05, 3.63) is 35.8 Å². The van der Waals surface area contributed by atoms with Gasteiger partial charge in [0.25, 0.3) is 11.8 Å². The molecule has 16 heteroatoms. The summed E-state index contributed by atoms with van der Waals surface area (Å²) in [6, 6.07) is 6.86. The van der Waals surface area contributed by atoms with Crippen LogP contribution in [0.15, 0.2) is 28.8 Å². The Labute approximate surface area is 234 Å². The fourth-order valence-corrected chi connectivity index (χ4v) is 3.80. The minimum atomic E-state index is -0.768. The highest BCUT2D eigenvalue weighted by molar-refractivity contribution is 6.60. The zero-order valence-electron chi connectivity index (χ0n) is 23.5. The minimum absolute atomic E-state index is 0.0248. The second-order valence-electron chi connectivity index (χ2n) is 10.2. The molecule has 0 unspecified atom stereocenters. The van der Waals surface area contributed by atoms with E-state index in [-0.39, 0.29) is 35.1 Å². The van der Waals surface area contributed by atoms with Crippen molar-refractivity contribution in [2.45, 2.75) is 38.2 Å². The van der Waals surface area contributed by atoms with E-state index < -0.39 is 17.4 Å². The molecule has 0 saturated heterocycles. The molecular weight excluding hydrogens is 515 g/mol. The molecule has 40 heavy (non-hydrogen) atoms. The lowest BCUT2D eigenvalue weighted by Crippen LogP contribution is -2.50. The van der Waals surface area contributed by atoms with Crippen LogP contribution in [0.1, 0.15) is 49.3 Å². The number of anilines is 3. The molecule has 1 saturated carbocycles. The van der Waals surface area contributed by atoms with Gasteiger partial charge in [0.15, 0.2) is 17.3 Å². The highest BCUT2D eigenvalue weighted by atomic mass is 16.7. The molecule has 2 amide bonds. The Bertz CT molecular complexity index is 1360. The summed E-state index contributed by atoms with van der Waals surface area (Å²) in [6.45, 7) is 4.51. The first kappa shape index (κ1) is 29.1. The number of nitrogens with zero attached hydrogens (tertiary/aromatic N) is 4. The number of benzene rings is 1. The average Bonchev–Trinajstić information content (AvgIpc) is 3.64.